The van der Waals surface area contributed by atoms with E-state index in [4.69, 9.17) is 11.6 Å². The van der Waals surface area contributed by atoms with Crippen LogP contribution in [0.4, 0.5) is 16.3 Å². The average molecular weight is 263 g/mol. The largest absolute Gasteiger partial charge is 0.324 e. The number of hydrogen-bond acceptors (Lipinski definition) is 3. The van der Waals surface area contributed by atoms with Gasteiger partial charge in [0.1, 0.15) is 12.1 Å². The number of nitrogens with one attached hydrogen (secondary N) is 2. The SMILES string of the molecule is Cc1cccc(Cl)c1NC(=O)Nc1ccncn1. The number of carbonyl (C=O) groups excluding carboxylic acids is 1. The number of amides is 2. The van der Waals surface area contributed by atoms with E-state index in [-0.39, 0.29) is 0 Å². The number of benzene rings is 1. The molecule has 0 saturated heterocycles. The number of carbonyl (C=O) groups is 1. The molecular formula is C12H11ClN4O. The van der Waals surface area contributed by atoms with E-state index < -0.39 is 6.03 Å². The lowest BCUT2D eigenvalue weighted by Crippen LogP contribution is -2.20. The highest BCUT2D eigenvalue weighted by Gasteiger charge is 2.08. The van der Waals surface area contributed by atoms with Gasteiger partial charge >= 0.3 is 6.03 Å². The van der Waals surface area contributed by atoms with Crippen LogP contribution in [0.15, 0.2) is 36.8 Å². The third kappa shape index (κ3) is 2.95. The number of rotatable bonds is 2. The lowest BCUT2D eigenvalue weighted by atomic mass is 10.2. The van der Waals surface area contributed by atoms with E-state index in [2.05, 4.69) is 20.6 Å². The van der Waals surface area contributed by atoms with Crippen LogP contribution < -0.4 is 10.6 Å². The summed E-state index contributed by atoms with van der Waals surface area (Å²) in [4.78, 5) is 19.4. The zero-order valence-corrected chi connectivity index (χ0v) is 10.4. The van der Waals surface area contributed by atoms with E-state index in [0.29, 0.717) is 16.5 Å². The van der Waals surface area contributed by atoms with Gasteiger partial charge in [0.05, 0.1) is 10.7 Å². The van der Waals surface area contributed by atoms with Crippen LogP contribution in [0, 0.1) is 6.92 Å². The maximum atomic E-state index is 11.7. The topological polar surface area (TPSA) is 66.9 Å². The molecule has 0 radical (unpaired) electrons. The van der Waals surface area contributed by atoms with Gasteiger partial charge in [-0.3, -0.25) is 5.32 Å². The molecule has 0 bridgehead atoms. The first-order valence-corrected chi connectivity index (χ1v) is 5.64. The molecule has 0 atom stereocenters. The Bertz CT molecular complexity index is 539. The Balaban J connectivity index is 2.08. The highest BCUT2D eigenvalue weighted by Crippen LogP contribution is 2.25. The quantitative estimate of drug-likeness (QED) is 0.874. The number of aromatic nitrogens is 2. The number of anilines is 2. The Hall–Kier alpha value is -2.14. The fraction of sp³-hybridized carbons (Fsp3) is 0.0833. The van der Waals surface area contributed by atoms with Crippen molar-refractivity contribution in [3.63, 3.8) is 0 Å². The van der Waals surface area contributed by atoms with E-state index in [1.54, 1.807) is 18.3 Å². The maximum absolute atomic E-state index is 11.7. The first kappa shape index (κ1) is 12.3. The molecule has 0 aliphatic rings. The van der Waals surface area contributed by atoms with Crippen LogP contribution in [0.25, 0.3) is 0 Å². The summed E-state index contributed by atoms with van der Waals surface area (Å²) in [5.74, 6) is 0.423. The van der Waals surface area contributed by atoms with Gasteiger partial charge in [0.25, 0.3) is 0 Å². The van der Waals surface area contributed by atoms with Crippen molar-refractivity contribution in [2.24, 2.45) is 0 Å². The minimum Gasteiger partial charge on any atom is -0.306 e. The first-order chi connectivity index (χ1) is 8.66. The maximum Gasteiger partial charge on any atom is 0.324 e. The van der Waals surface area contributed by atoms with Crippen molar-refractivity contribution < 1.29 is 4.79 Å². The summed E-state index contributed by atoms with van der Waals surface area (Å²) in [6.07, 6.45) is 2.90. The Morgan fingerprint density at radius 2 is 2.11 bits per heavy atom. The summed E-state index contributed by atoms with van der Waals surface area (Å²) < 4.78 is 0. The zero-order valence-electron chi connectivity index (χ0n) is 9.64. The van der Waals surface area contributed by atoms with Gasteiger partial charge in [-0.2, -0.15) is 0 Å². The molecule has 2 rings (SSSR count). The van der Waals surface area contributed by atoms with Crippen molar-refractivity contribution in [1.82, 2.24) is 9.97 Å². The monoisotopic (exact) mass is 262 g/mol. The number of urea groups is 1. The molecule has 0 fully saturated rings. The van der Waals surface area contributed by atoms with E-state index in [1.807, 2.05) is 19.1 Å². The molecule has 0 spiro atoms. The number of halogens is 1. The summed E-state index contributed by atoms with van der Waals surface area (Å²) in [7, 11) is 0. The molecule has 0 saturated carbocycles. The second-order valence-electron chi connectivity index (χ2n) is 3.61. The third-order valence-corrected chi connectivity index (χ3v) is 2.60. The van der Waals surface area contributed by atoms with Gasteiger partial charge in [-0.1, -0.05) is 23.7 Å². The van der Waals surface area contributed by atoms with Gasteiger partial charge in [0, 0.05) is 6.20 Å². The van der Waals surface area contributed by atoms with Crippen LogP contribution in [-0.2, 0) is 0 Å². The summed E-state index contributed by atoms with van der Waals surface area (Å²) in [6, 6.07) is 6.61. The molecule has 2 N–H and O–H groups in total. The number of aryl methyl sites for hydroxylation is 1. The number of para-hydroxylation sites is 1. The van der Waals surface area contributed by atoms with Crippen molar-refractivity contribution in [2.45, 2.75) is 6.92 Å². The minimum atomic E-state index is -0.398. The van der Waals surface area contributed by atoms with Crippen LogP contribution in [0.2, 0.25) is 5.02 Å². The van der Waals surface area contributed by atoms with Gasteiger partial charge in [0.2, 0.25) is 0 Å². The average Bonchev–Trinajstić information content (AvgIpc) is 2.35. The van der Waals surface area contributed by atoms with Crippen molar-refractivity contribution in [3.8, 4) is 0 Å². The van der Waals surface area contributed by atoms with Gasteiger partial charge in [-0.15, -0.1) is 0 Å². The van der Waals surface area contributed by atoms with Crippen molar-refractivity contribution in [2.75, 3.05) is 10.6 Å². The minimum absolute atomic E-state index is 0.398. The lowest BCUT2D eigenvalue weighted by Gasteiger charge is -2.10. The van der Waals surface area contributed by atoms with Crippen LogP contribution in [0.1, 0.15) is 5.56 Å². The molecule has 92 valence electrons. The zero-order chi connectivity index (χ0) is 13.0. The predicted molar refractivity (Wildman–Crippen MR) is 70.9 cm³/mol. The van der Waals surface area contributed by atoms with Crippen LogP contribution >= 0.6 is 11.6 Å². The van der Waals surface area contributed by atoms with E-state index in [9.17, 15) is 4.79 Å². The Kier molecular flexibility index (Phi) is 3.74. The molecule has 1 aromatic carbocycles. The van der Waals surface area contributed by atoms with Crippen molar-refractivity contribution in [1.29, 1.82) is 0 Å². The summed E-state index contributed by atoms with van der Waals surface area (Å²) in [5.41, 5.74) is 1.48. The van der Waals surface area contributed by atoms with Crippen LogP contribution in [-0.4, -0.2) is 16.0 Å². The Morgan fingerprint density at radius 1 is 1.28 bits per heavy atom. The summed E-state index contributed by atoms with van der Waals surface area (Å²) in [6.45, 7) is 1.87. The molecule has 1 heterocycles. The first-order valence-electron chi connectivity index (χ1n) is 5.26. The normalized spacial score (nSPS) is 9.89. The Labute approximate surface area is 109 Å². The molecule has 5 nitrogen and oxygen atoms in total. The predicted octanol–water partition coefficient (Wildman–Crippen LogP) is 3.08. The van der Waals surface area contributed by atoms with Crippen molar-refractivity contribution in [3.05, 3.63) is 47.4 Å². The molecule has 2 aromatic rings. The molecule has 6 heteroatoms. The van der Waals surface area contributed by atoms with Gasteiger partial charge in [-0.25, -0.2) is 14.8 Å². The van der Waals surface area contributed by atoms with Gasteiger partial charge < -0.3 is 5.32 Å². The fourth-order valence-corrected chi connectivity index (χ4v) is 1.69. The lowest BCUT2D eigenvalue weighted by molar-refractivity contribution is 0.262. The standard InChI is InChI=1S/C12H11ClN4O/c1-8-3-2-4-9(13)11(8)17-12(18)16-10-5-6-14-7-15-10/h2-7H,1H3,(H2,14,15,16,17,18). The molecule has 0 unspecified atom stereocenters. The highest BCUT2D eigenvalue weighted by atomic mass is 35.5. The molecular weight excluding hydrogens is 252 g/mol. The number of nitrogens with zero attached hydrogens (tertiary/aromatic N) is 2. The highest BCUT2D eigenvalue weighted by molar-refractivity contribution is 6.34. The molecule has 2 amide bonds. The van der Waals surface area contributed by atoms with Crippen LogP contribution in [0.3, 0.4) is 0 Å². The molecule has 0 aliphatic heterocycles. The van der Waals surface area contributed by atoms with E-state index >= 15 is 0 Å². The van der Waals surface area contributed by atoms with E-state index in [1.165, 1.54) is 6.33 Å². The molecule has 1 aromatic heterocycles. The summed E-state index contributed by atoms with van der Waals surface area (Å²) in [5, 5.41) is 5.76. The smallest absolute Gasteiger partial charge is 0.306 e. The summed E-state index contributed by atoms with van der Waals surface area (Å²) >= 11 is 6.01. The third-order valence-electron chi connectivity index (χ3n) is 2.28. The number of hydrogen-bond donors (Lipinski definition) is 2. The van der Waals surface area contributed by atoms with Gasteiger partial charge in [-0.05, 0) is 24.6 Å². The van der Waals surface area contributed by atoms with E-state index in [0.717, 1.165) is 5.56 Å². The molecule has 18 heavy (non-hydrogen) atoms. The molecule has 0 aliphatic carbocycles. The Morgan fingerprint density at radius 3 is 2.78 bits per heavy atom. The second-order valence-corrected chi connectivity index (χ2v) is 4.01. The van der Waals surface area contributed by atoms with Gasteiger partial charge in [0.15, 0.2) is 0 Å². The van der Waals surface area contributed by atoms with Crippen LogP contribution in [0.5, 0.6) is 0 Å². The second kappa shape index (κ2) is 5.46. The van der Waals surface area contributed by atoms with Crippen molar-refractivity contribution >= 4 is 29.1 Å². The fourth-order valence-electron chi connectivity index (χ4n) is 1.42.